The van der Waals surface area contributed by atoms with Crippen molar-refractivity contribution in [3.63, 3.8) is 0 Å². The molecule has 0 aliphatic rings. The second-order valence-electron chi connectivity index (χ2n) is 3.51. The first kappa shape index (κ1) is 12.4. The maximum Gasteiger partial charge on any atom is 0.346 e. The summed E-state index contributed by atoms with van der Waals surface area (Å²) < 4.78 is 10.6. The largest absolute Gasteiger partial charge is 0.496 e. The fourth-order valence-corrected chi connectivity index (χ4v) is 2.53. The Morgan fingerprint density at radius 3 is 2.28 bits per heavy atom. The van der Waals surface area contributed by atoms with Crippen LogP contribution in [-0.4, -0.2) is 25.3 Å². The number of carbonyl (C=O) groups is 1. The first-order valence-electron chi connectivity index (χ1n) is 5.21. The zero-order chi connectivity index (χ0) is 13.1. The molecule has 94 valence electrons. The molecule has 0 spiro atoms. The minimum Gasteiger partial charge on any atom is -0.496 e. The zero-order valence-electron chi connectivity index (χ0n) is 9.97. The zero-order valence-corrected chi connectivity index (χ0v) is 10.8. The van der Waals surface area contributed by atoms with Gasteiger partial charge >= 0.3 is 5.97 Å². The van der Waals surface area contributed by atoms with Gasteiger partial charge in [0.2, 0.25) is 0 Å². The van der Waals surface area contributed by atoms with E-state index in [1.54, 1.807) is 43.9 Å². The van der Waals surface area contributed by atoms with Crippen LogP contribution in [0.3, 0.4) is 0 Å². The fraction of sp³-hybridized carbons (Fsp3) is 0.154. The maximum absolute atomic E-state index is 11.2. The molecule has 0 bridgehead atoms. The molecule has 0 saturated carbocycles. The van der Waals surface area contributed by atoms with E-state index in [0.717, 1.165) is 0 Å². The second-order valence-corrected chi connectivity index (χ2v) is 4.42. The smallest absolute Gasteiger partial charge is 0.346 e. The van der Waals surface area contributed by atoms with Crippen molar-refractivity contribution in [2.75, 3.05) is 14.2 Å². The third-order valence-corrected chi connectivity index (χ3v) is 3.46. The quantitative estimate of drug-likeness (QED) is 0.921. The SMILES string of the molecule is COc1cccc(OC)c1-c1ccsc1C(=O)O. The van der Waals surface area contributed by atoms with E-state index in [4.69, 9.17) is 9.47 Å². The van der Waals surface area contributed by atoms with Crippen molar-refractivity contribution in [3.05, 3.63) is 34.5 Å². The number of ether oxygens (including phenoxy) is 2. The molecule has 1 heterocycles. The van der Waals surface area contributed by atoms with E-state index in [2.05, 4.69) is 0 Å². The lowest BCUT2D eigenvalue weighted by Gasteiger charge is -2.12. The van der Waals surface area contributed by atoms with Crippen LogP contribution in [0.25, 0.3) is 11.1 Å². The molecule has 0 unspecified atom stereocenters. The third kappa shape index (κ3) is 2.04. The van der Waals surface area contributed by atoms with Crippen molar-refractivity contribution >= 4 is 17.3 Å². The molecule has 1 aromatic carbocycles. The van der Waals surface area contributed by atoms with Crippen molar-refractivity contribution in [1.29, 1.82) is 0 Å². The Morgan fingerprint density at radius 2 is 1.78 bits per heavy atom. The van der Waals surface area contributed by atoms with Gasteiger partial charge in [-0.15, -0.1) is 11.3 Å². The second kappa shape index (κ2) is 5.10. The summed E-state index contributed by atoms with van der Waals surface area (Å²) in [6, 6.07) is 7.12. The predicted octanol–water partition coefficient (Wildman–Crippen LogP) is 3.13. The molecule has 0 aliphatic heterocycles. The molecule has 2 aromatic rings. The number of hydrogen-bond donors (Lipinski definition) is 1. The van der Waals surface area contributed by atoms with E-state index in [9.17, 15) is 9.90 Å². The lowest BCUT2D eigenvalue weighted by Crippen LogP contribution is -1.98. The average Bonchev–Trinajstić information content (AvgIpc) is 2.86. The Kier molecular flexibility index (Phi) is 3.53. The summed E-state index contributed by atoms with van der Waals surface area (Å²) in [6.07, 6.45) is 0. The summed E-state index contributed by atoms with van der Waals surface area (Å²) >= 11 is 1.18. The highest BCUT2D eigenvalue weighted by molar-refractivity contribution is 7.12. The van der Waals surface area contributed by atoms with Gasteiger partial charge in [-0.25, -0.2) is 4.79 Å². The van der Waals surface area contributed by atoms with E-state index in [-0.39, 0.29) is 4.88 Å². The molecule has 0 saturated heterocycles. The van der Waals surface area contributed by atoms with Gasteiger partial charge in [-0.2, -0.15) is 0 Å². The highest BCUT2D eigenvalue weighted by Gasteiger charge is 2.20. The van der Waals surface area contributed by atoms with Gasteiger partial charge < -0.3 is 14.6 Å². The number of methoxy groups -OCH3 is 2. The Labute approximate surface area is 108 Å². The first-order valence-corrected chi connectivity index (χ1v) is 6.09. The van der Waals surface area contributed by atoms with Gasteiger partial charge in [0.1, 0.15) is 16.4 Å². The van der Waals surface area contributed by atoms with Crippen LogP contribution in [-0.2, 0) is 0 Å². The molecular weight excluding hydrogens is 252 g/mol. The predicted molar refractivity (Wildman–Crippen MR) is 69.8 cm³/mol. The molecule has 1 aromatic heterocycles. The number of carboxylic acid groups (broad SMARTS) is 1. The lowest BCUT2D eigenvalue weighted by atomic mass is 10.0. The summed E-state index contributed by atoms with van der Waals surface area (Å²) in [7, 11) is 3.09. The van der Waals surface area contributed by atoms with E-state index in [1.165, 1.54) is 11.3 Å². The molecular formula is C13H12O4S. The number of rotatable bonds is 4. The molecule has 1 N–H and O–H groups in total. The van der Waals surface area contributed by atoms with Crippen molar-refractivity contribution in [1.82, 2.24) is 0 Å². The van der Waals surface area contributed by atoms with E-state index in [0.29, 0.717) is 22.6 Å². The monoisotopic (exact) mass is 264 g/mol. The van der Waals surface area contributed by atoms with Gasteiger partial charge in [-0.1, -0.05) is 6.07 Å². The molecule has 0 radical (unpaired) electrons. The molecule has 18 heavy (non-hydrogen) atoms. The molecule has 0 amide bonds. The molecule has 4 nitrogen and oxygen atoms in total. The number of benzene rings is 1. The van der Waals surface area contributed by atoms with Crippen LogP contribution in [0.5, 0.6) is 11.5 Å². The Balaban J connectivity index is 2.69. The highest BCUT2D eigenvalue weighted by atomic mass is 32.1. The van der Waals surface area contributed by atoms with E-state index in [1.807, 2.05) is 0 Å². The van der Waals surface area contributed by atoms with Crippen molar-refractivity contribution in [3.8, 4) is 22.6 Å². The number of thiophene rings is 1. The topological polar surface area (TPSA) is 55.8 Å². The summed E-state index contributed by atoms with van der Waals surface area (Å²) in [5.74, 6) is 0.235. The molecule has 2 rings (SSSR count). The first-order chi connectivity index (χ1) is 8.69. The van der Waals surface area contributed by atoms with E-state index >= 15 is 0 Å². The normalized spacial score (nSPS) is 10.1. The lowest BCUT2D eigenvalue weighted by molar-refractivity contribution is 0.0703. The molecule has 0 aliphatic carbocycles. The summed E-state index contributed by atoms with van der Waals surface area (Å²) in [6.45, 7) is 0. The Morgan fingerprint density at radius 1 is 1.17 bits per heavy atom. The van der Waals surface area contributed by atoms with Crippen LogP contribution in [0.4, 0.5) is 0 Å². The van der Waals surface area contributed by atoms with Crippen LogP contribution in [0.2, 0.25) is 0 Å². The summed E-state index contributed by atoms with van der Waals surface area (Å²) in [5.41, 5.74) is 1.28. The average molecular weight is 264 g/mol. The molecule has 0 fully saturated rings. The van der Waals surface area contributed by atoms with Crippen LogP contribution < -0.4 is 9.47 Å². The standard InChI is InChI=1S/C13H12O4S/c1-16-9-4-3-5-10(17-2)11(9)8-6-7-18-12(8)13(14)15/h3-7H,1-2H3,(H,14,15). The van der Waals surface area contributed by atoms with E-state index < -0.39 is 5.97 Å². The van der Waals surface area contributed by atoms with Gasteiger partial charge in [0.15, 0.2) is 0 Å². The van der Waals surface area contributed by atoms with Gasteiger partial charge in [0, 0.05) is 5.56 Å². The van der Waals surface area contributed by atoms with Crippen molar-refractivity contribution in [2.45, 2.75) is 0 Å². The van der Waals surface area contributed by atoms with Gasteiger partial charge in [0.25, 0.3) is 0 Å². The van der Waals surface area contributed by atoms with Crippen molar-refractivity contribution < 1.29 is 19.4 Å². The minimum atomic E-state index is -0.951. The van der Waals surface area contributed by atoms with Crippen molar-refractivity contribution in [2.24, 2.45) is 0 Å². The summed E-state index contributed by atoms with van der Waals surface area (Å²) in [4.78, 5) is 11.5. The third-order valence-electron chi connectivity index (χ3n) is 2.56. The summed E-state index contributed by atoms with van der Waals surface area (Å²) in [5, 5.41) is 10.9. The molecule has 5 heteroatoms. The van der Waals surface area contributed by atoms with Crippen LogP contribution in [0.15, 0.2) is 29.6 Å². The fourth-order valence-electron chi connectivity index (χ4n) is 1.79. The molecule has 0 atom stereocenters. The Hall–Kier alpha value is -2.01. The van der Waals surface area contributed by atoms with Crippen LogP contribution >= 0.6 is 11.3 Å². The number of carboxylic acids is 1. The highest BCUT2D eigenvalue weighted by Crippen LogP contribution is 2.41. The Bertz CT molecular complexity index is 552. The van der Waals surface area contributed by atoms with Gasteiger partial charge in [-0.05, 0) is 23.6 Å². The number of hydrogen-bond acceptors (Lipinski definition) is 4. The minimum absolute atomic E-state index is 0.276. The van der Waals surface area contributed by atoms with Crippen LogP contribution in [0.1, 0.15) is 9.67 Å². The van der Waals surface area contributed by atoms with Gasteiger partial charge in [0.05, 0.1) is 19.8 Å². The van der Waals surface area contributed by atoms with Crippen LogP contribution in [0, 0.1) is 0 Å². The maximum atomic E-state index is 11.2. The number of aromatic carboxylic acids is 1. The van der Waals surface area contributed by atoms with Gasteiger partial charge in [-0.3, -0.25) is 0 Å².